The number of aliphatic hydroxyl groups is 1. The van der Waals surface area contributed by atoms with Crippen LogP contribution in [0.15, 0.2) is 108 Å². The zero-order valence-corrected chi connectivity index (χ0v) is 23.3. The predicted octanol–water partition coefficient (Wildman–Crippen LogP) is 6.71. The molecular formula is C33H31NO6S. The normalized spacial score (nSPS) is 20.3. The highest BCUT2D eigenvalue weighted by Gasteiger charge is 2.38. The van der Waals surface area contributed by atoms with Crippen LogP contribution < -0.4 is 5.32 Å². The summed E-state index contributed by atoms with van der Waals surface area (Å²) in [6, 6.07) is 31.1. The van der Waals surface area contributed by atoms with Gasteiger partial charge in [-0.1, -0.05) is 61.5 Å². The average molecular weight is 570 g/mol. The molecule has 0 spiro atoms. The number of hydrogen-bond acceptors (Lipinski definition) is 6. The molecule has 1 aliphatic heterocycles. The number of carboxylic acids is 1. The maximum absolute atomic E-state index is 12.6. The molecule has 0 aliphatic carbocycles. The van der Waals surface area contributed by atoms with Crippen LogP contribution in [-0.2, 0) is 16.1 Å². The number of benzene rings is 4. The minimum Gasteiger partial charge on any atom is -0.478 e. The van der Waals surface area contributed by atoms with Gasteiger partial charge in [0.25, 0.3) is 5.91 Å². The molecule has 41 heavy (non-hydrogen) atoms. The van der Waals surface area contributed by atoms with Gasteiger partial charge in [-0.2, -0.15) is 0 Å². The smallest absolute Gasteiger partial charge is 0.335 e. The van der Waals surface area contributed by atoms with E-state index in [-0.39, 0.29) is 36.2 Å². The summed E-state index contributed by atoms with van der Waals surface area (Å²) in [6.07, 6.45) is -1.05. The van der Waals surface area contributed by atoms with Crippen LogP contribution in [0.2, 0.25) is 0 Å². The van der Waals surface area contributed by atoms with Crippen molar-refractivity contribution in [1.29, 1.82) is 0 Å². The van der Waals surface area contributed by atoms with Gasteiger partial charge in [-0.25, -0.2) is 4.79 Å². The lowest BCUT2D eigenvalue weighted by atomic mass is 9.91. The summed E-state index contributed by atoms with van der Waals surface area (Å²) in [6.45, 7) is 2.07. The molecule has 4 aromatic carbocycles. The number of aromatic carboxylic acids is 1. The third-order valence-electron chi connectivity index (χ3n) is 7.12. The van der Waals surface area contributed by atoms with E-state index in [0.717, 1.165) is 21.6 Å². The van der Waals surface area contributed by atoms with E-state index in [1.165, 1.54) is 0 Å². The van der Waals surface area contributed by atoms with Crippen molar-refractivity contribution in [3.8, 4) is 0 Å². The van der Waals surface area contributed by atoms with Gasteiger partial charge in [0.1, 0.15) is 0 Å². The van der Waals surface area contributed by atoms with Crippen molar-refractivity contribution in [3.63, 3.8) is 0 Å². The Morgan fingerprint density at radius 3 is 2.10 bits per heavy atom. The number of rotatable bonds is 9. The van der Waals surface area contributed by atoms with E-state index >= 15 is 0 Å². The molecule has 4 atom stereocenters. The van der Waals surface area contributed by atoms with Crippen LogP contribution >= 0.6 is 11.8 Å². The van der Waals surface area contributed by atoms with Crippen LogP contribution in [0.4, 0.5) is 5.69 Å². The van der Waals surface area contributed by atoms with E-state index < -0.39 is 12.3 Å². The highest BCUT2D eigenvalue weighted by molar-refractivity contribution is 7.99. The fraction of sp³-hybridized carbons (Fsp3) is 0.212. The summed E-state index contributed by atoms with van der Waals surface area (Å²) in [5.41, 5.74) is 4.15. The monoisotopic (exact) mass is 569 g/mol. The van der Waals surface area contributed by atoms with Gasteiger partial charge in [0, 0.05) is 33.4 Å². The van der Waals surface area contributed by atoms with Crippen LogP contribution in [0.1, 0.15) is 56.7 Å². The van der Waals surface area contributed by atoms with Gasteiger partial charge >= 0.3 is 5.97 Å². The van der Waals surface area contributed by atoms with Gasteiger partial charge in [-0.15, -0.1) is 11.8 Å². The molecule has 1 heterocycles. The van der Waals surface area contributed by atoms with Crippen molar-refractivity contribution in [1.82, 2.24) is 0 Å². The molecule has 8 heteroatoms. The third kappa shape index (κ3) is 7.04. The summed E-state index contributed by atoms with van der Waals surface area (Å²) in [7, 11) is 0. The lowest BCUT2D eigenvalue weighted by molar-refractivity contribution is -0.268. The number of aliphatic hydroxyl groups excluding tert-OH is 1. The minimum absolute atomic E-state index is 0.0152. The molecule has 3 N–H and O–H groups in total. The van der Waals surface area contributed by atoms with E-state index in [2.05, 4.69) is 12.2 Å². The molecule has 0 radical (unpaired) electrons. The Hall–Kier alpha value is -3.95. The number of carboxylic acid groups (broad SMARTS) is 1. The second-order valence-corrected chi connectivity index (χ2v) is 11.0. The lowest BCUT2D eigenvalue weighted by Crippen LogP contribution is -2.38. The average Bonchev–Trinajstić information content (AvgIpc) is 3.01. The lowest BCUT2D eigenvalue weighted by Gasteiger charge is -2.41. The summed E-state index contributed by atoms with van der Waals surface area (Å²) < 4.78 is 13.0. The maximum Gasteiger partial charge on any atom is 0.335 e. The van der Waals surface area contributed by atoms with E-state index in [1.807, 2.05) is 78.9 Å². The number of amides is 1. The Bertz CT molecular complexity index is 1460. The van der Waals surface area contributed by atoms with Gasteiger partial charge in [0.15, 0.2) is 6.29 Å². The second kappa shape index (κ2) is 13.1. The first kappa shape index (κ1) is 28.6. The first-order valence-electron chi connectivity index (χ1n) is 13.3. The van der Waals surface area contributed by atoms with Crippen molar-refractivity contribution in [3.05, 3.63) is 131 Å². The molecule has 1 fully saturated rings. The van der Waals surface area contributed by atoms with Gasteiger partial charge < -0.3 is 25.0 Å². The van der Waals surface area contributed by atoms with Gasteiger partial charge in [0.05, 0.1) is 24.4 Å². The van der Waals surface area contributed by atoms with E-state index in [0.29, 0.717) is 17.0 Å². The predicted molar refractivity (Wildman–Crippen MR) is 158 cm³/mol. The number of carbonyl (C=O) groups is 2. The van der Waals surface area contributed by atoms with Crippen LogP contribution in [-0.4, -0.2) is 33.9 Å². The summed E-state index contributed by atoms with van der Waals surface area (Å²) in [4.78, 5) is 24.7. The maximum atomic E-state index is 12.6. The Morgan fingerprint density at radius 2 is 1.46 bits per heavy atom. The van der Waals surface area contributed by atoms with Crippen molar-refractivity contribution in [2.75, 3.05) is 11.1 Å². The van der Waals surface area contributed by atoms with Gasteiger partial charge in [0.2, 0.25) is 0 Å². The molecule has 0 unspecified atom stereocenters. The zero-order chi connectivity index (χ0) is 28.8. The van der Waals surface area contributed by atoms with E-state index in [9.17, 15) is 19.8 Å². The van der Waals surface area contributed by atoms with Gasteiger partial charge in [-0.05, 0) is 59.7 Å². The number of hydrogen-bond donors (Lipinski definition) is 3. The topological polar surface area (TPSA) is 105 Å². The fourth-order valence-electron chi connectivity index (χ4n) is 4.70. The molecule has 0 bridgehead atoms. The Kier molecular flexibility index (Phi) is 9.16. The summed E-state index contributed by atoms with van der Waals surface area (Å²) in [5, 5.41) is 21.6. The molecule has 5 rings (SSSR count). The van der Waals surface area contributed by atoms with E-state index in [1.54, 1.807) is 36.0 Å². The highest BCUT2D eigenvalue weighted by atomic mass is 32.2. The standard InChI is InChI=1S/C33H31NO6S/c1-21-29(20-41-28-17-13-25(14-18-28)32(37)38)39-33(40-30(21)23-9-7-22(19-35)8-10-23)26-11-15-27(16-12-26)34-31(36)24-5-3-2-4-6-24/h2-18,21,29-30,33,35H,19-20H2,1H3,(H,34,36)(H,37,38)/t21-,29+,30+,33+/m1/s1. The largest absolute Gasteiger partial charge is 0.478 e. The fourth-order valence-corrected chi connectivity index (χ4v) is 5.77. The van der Waals surface area contributed by atoms with Crippen LogP contribution in [0.25, 0.3) is 0 Å². The zero-order valence-electron chi connectivity index (χ0n) is 22.5. The number of anilines is 1. The van der Waals surface area contributed by atoms with Crippen molar-refractivity contribution in [2.45, 2.75) is 36.9 Å². The molecule has 0 saturated carbocycles. The molecular weight excluding hydrogens is 538 g/mol. The van der Waals surface area contributed by atoms with E-state index in [4.69, 9.17) is 9.47 Å². The van der Waals surface area contributed by atoms with Crippen molar-refractivity contribution < 1.29 is 29.3 Å². The number of nitrogens with one attached hydrogen (secondary N) is 1. The Morgan fingerprint density at radius 1 is 0.805 bits per heavy atom. The Balaban J connectivity index is 1.33. The third-order valence-corrected chi connectivity index (χ3v) is 8.22. The minimum atomic E-state index is -0.952. The number of carbonyl (C=O) groups excluding carboxylic acids is 1. The molecule has 1 amide bonds. The Labute approximate surface area is 243 Å². The van der Waals surface area contributed by atoms with Crippen molar-refractivity contribution >= 4 is 29.3 Å². The molecule has 4 aromatic rings. The molecule has 0 aromatic heterocycles. The molecule has 7 nitrogen and oxygen atoms in total. The van der Waals surface area contributed by atoms with Crippen LogP contribution in [0.5, 0.6) is 0 Å². The van der Waals surface area contributed by atoms with Crippen molar-refractivity contribution in [2.24, 2.45) is 5.92 Å². The number of ether oxygens (including phenoxy) is 2. The molecule has 1 saturated heterocycles. The second-order valence-electron chi connectivity index (χ2n) is 9.90. The quantitative estimate of drug-likeness (QED) is 0.192. The summed E-state index contributed by atoms with van der Waals surface area (Å²) in [5.74, 6) is -0.477. The first-order valence-corrected chi connectivity index (χ1v) is 14.3. The molecule has 1 aliphatic rings. The summed E-state index contributed by atoms with van der Waals surface area (Å²) >= 11 is 1.60. The highest BCUT2D eigenvalue weighted by Crippen LogP contribution is 2.43. The van der Waals surface area contributed by atoms with Crippen LogP contribution in [0.3, 0.4) is 0 Å². The SMILES string of the molecule is C[C@@H]1[C@H](CSc2ccc(C(=O)O)cc2)O[C@H](c2ccc(NC(=O)c3ccccc3)cc2)O[C@@H]1c1ccc(CO)cc1. The van der Waals surface area contributed by atoms with Crippen LogP contribution in [0, 0.1) is 5.92 Å². The van der Waals surface area contributed by atoms with Gasteiger partial charge in [-0.3, -0.25) is 4.79 Å². The first-order chi connectivity index (χ1) is 19.9. The number of thioether (sulfide) groups is 1. The molecule has 210 valence electrons.